The Labute approximate surface area is 251 Å². The highest BCUT2D eigenvalue weighted by atomic mass is 79.9. The molecule has 12 heteroatoms. The molecule has 1 aromatic heterocycles. The van der Waals surface area contributed by atoms with Crippen molar-refractivity contribution in [3.05, 3.63) is 69.5 Å². The normalized spacial score (nSPS) is 16.6. The first-order chi connectivity index (χ1) is 19.7. The topological polar surface area (TPSA) is 122 Å². The third kappa shape index (κ3) is 6.61. The van der Waals surface area contributed by atoms with Crippen molar-refractivity contribution in [3.8, 4) is 16.2 Å². The van der Waals surface area contributed by atoms with Crippen LogP contribution in [0.2, 0.25) is 0 Å². The number of benzene rings is 2. The molecule has 5 rings (SSSR count). The standard InChI is InChI=1S/C29H31BrN2O7S2/c1-38-29(35)24(19-10-11-19)39-25-23(30)26(40-27(25)28(33)34)20-8-5-9-22(16-20)32(21-12-14-31-15-13-21)41(36,37)17-18-6-3-2-4-7-18/h2-9,16,19,21,24,31H,10-15,17H2,1H3,(H,33,34). The Balaban J connectivity index is 1.54. The minimum Gasteiger partial charge on any atom is -0.477 e. The lowest BCUT2D eigenvalue weighted by Gasteiger charge is -2.35. The number of hydrogen-bond donors (Lipinski definition) is 2. The smallest absolute Gasteiger partial charge is 0.349 e. The van der Waals surface area contributed by atoms with Crippen LogP contribution in [0, 0.1) is 5.92 Å². The fourth-order valence-electron chi connectivity index (χ4n) is 5.08. The highest BCUT2D eigenvalue weighted by Gasteiger charge is 2.41. The molecule has 0 radical (unpaired) electrons. The maximum atomic E-state index is 13.9. The van der Waals surface area contributed by atoms with Gasteiger partial charge in [-0.15, -0.1) is 11.3 Å². The number of carboxylic acid groups (broad SMARTS) is 1. The van der Waals surface area contributed by atoms with E-state index in [4.69, 9.17) is 9.47 Å². The Morgan fingerprint density at radius 2 is 1.80 bits per heavy atom. The summed E-state index contributed by atoms with van der Waals surface area (Å²) < 4.78 is 40.6. The van der Waals surface area contributed by atoms with Gasteiger partial charge in [-0.3, -0.25) is 4.31 Å². The molecular formula is C29H31BrN2O7S2. The maximum Gasteiger partial charge on any atom is 0.349 e. The van der Waals surface area contributed by atoms with Crippen molar-refractivity contribution in [1.82, 2.24) is 5.32 Å². The zero-order valence-corrected chi connectivity index (χ0v) is 25.6. The first kappa shape index (κ1) is 29.6. The number of carbonyl (C=O) groups excluding carboxylic acids is 1. The lowest BCUT2D eigenvalue weighted by molar-refractivity contribution is -0.149. The van der Waals surface area contributed by atoms with E-state index in [-0.39, 0.29) is 28.3 Å². The number of methoxy groups -OCH3 is 1. The number of anilines is 1. The Kier molecular flexibility index (Phi) is 9.03. The third-order valence-corrected chi connectivity index (χ3v) is 11.3. The van der Waals surface area contributed by atoms with E-state index < -0.39 is 28.1 Å². The van der Waals surface area contributed by atoms with Gasteiger partial charge in [-0.05, 0) is 78.0 Å². The summed E-state index contributed by atoms with van der Waals surface area (Å²) in [7, 11) is -2.48. The molecule has 1 atom stereocenters. The van der Waals surface area contributed by atoms with Gasteiger partial charge >= 0.3 is 11.9 Å². The Morgan fingerprint density at radius 1 is 1.10 bits per heavy atom. The van der Waals surface area contributed by atoms with Gasteiger partial charge in [0.25, 0.3) is 0 Å². The SMILES string of the molecule is COC(=O)C(Oc1c(C(=O)O)sc(-c2cccc(N(C3CCNCC3)S(=O)(=O)Cc3ccccc3)c2)c1Br)C1CC1. The zero-order chi connectivity index (χ0) is 29.1. The number of halogens is 1. The van der Waals surface area contributed by atoms with Gasteiger partial charge in [-0.25, -0.2) is 18.0 Å². The number of sulfonamides is 1. The zero-order valence-electron chi connectivity index (χ0n) is 22.4. The van der Waals surface area contributed by atoms with Crippen LogP contribution < -0.4 is 14.4 Å². The second-order valence-corrected chi connectivity index (χ2v) is 13.8. The number of hydrogen-bond acceptors (Lipinski definition) is 8. The average Bonchev–Trinajstić information content (AvgIpc) is 3.75. The fourth-order valence-corrected chi connectivity index (χ4v) is 8.79. The van der Waals surface area contributed by atoms with Crippen LogP contribution in [0.5, 0.6) is 5.75 Å². The molecule has 3 aromatic rings. The number of nitrogens with one attached hydrogen (secondary N) is 1. The Morgan fingerprint density at radius 3 is 2.44 bits per heavy atom. The first-order valence-electron chi connectivity index (χ1n) is 13.4. The van der Waals surface area contributed by atoms with E-state index in [1.165, 1.54) is 11.4 Å². The predicted octanol–water partition coefficient (Wildman–Crippen LogP) is 5.29. The number of nitrogens with zero attached hydrogens (tertiary/aromatic N) is 1. The van der Waals surface area contributed by atoms with Gasteiger partial charge in [0.15, 0.2) is 16.7 Å². The second kappa shape index (κ2) is 12.5. The van der Waals surface area contributed by atoms with Gasteiger partial charge in [-0.1, -0.05) is 42.5 Å². The van der Waals surface area contributed by atoms with Crippen LogP contribution >= 0.6 is 27.3 Å². The molecule has 2 aromatic carbocycles. The number of carbonyl (C=O) groups is 2. The van der Waals surface area contributed by atoms with Gasteiger partial charge in [0.1, 0.15) is 0 Å². The number of aromatic carboxylic acids is 1. The highest BCUT2D eigenvalue weighted by molar-refractivity contribution is 9.10. The van der Waals surface area contributed by atoms with Crippen molar-refractivity contribution in [2.75, 3.05) is 24.5 Å². The molecule has 0 spiro atoms. The van der Waals surface area contributed by atoms with Gasteiger partial charge in [0, 0.05) is 12.0 Å². The fraction of sp³-hybridized carbons (Fsp3) is 0.379. The van der Waals surface area contributed by atoms with E-state index in [2.05, 4.69) is 21.2 Å². The largest absolute Gasteiger partial charge is 0.477 e. The maximum absolute atomic E-state index is 13.9. The molecule has 2 fully saturated rings. The highest BCUT2D eigenvalue weighted by Crippen LogP contribution is 2.48. The molecule has 1 unspecified atom stereocenters. The van der Waals surface area contributed by atoms with E-state index in [1.807, 2.05) is 18.2 Å². The van der Waals surface area contributed by atoms with E-state index >= 15 is 0 Å². The van der Waals surface area contributed by atoms with Crippen LogP contribution in [0.3, 0.4) is 0 Å². The Bertz CT molecular complexity index is 1520. The summed E-state index contributed by atoms with van der Waals surface area (Å²) in [5, 5.41) is 13.3. The number of rotatable bonds is 11. The van der Waals surface area contributed by atoms with Crippen molar-refractivity contribution >= 4 is 54.9 Å². The van der Waals surface area contributed by atoms with Crippen LogP contribution in [-0.4, -0.2) is 57.8 Å². The summed E-state index contributed by atoms with van der Waals surface area (Å²) in [4.78, 5) is 25.1. The summed E-state index contributed by atoms with van der Waals surface area (Å²) >= 11 is 4.53. The van der Waals surface area contributed by atoms with Crippen LogP contribution in [0.4, 0.5) is 5.69 Å². The van der Waals surface area contributed by atoms with Gasteiger partial charge < -0.3 is 19.9 Å². The lowest BCUT2D eigenvalue weighted by Crippen LogP contribution is -2.46. The molecule has 1 aliphatic carbocycles. The Hall–Kier alpha value is -2.93. The van der Waals surface area contributed by atoms with Gasteiger partial charge in [0.05, 0.1) is 27.9 Å². The lowest BCUT2D eigenvalue weighted by atomic mass is 10.1. The third-order valence-electron chi connectivity index (χ3n) is 7.23. The molecule has 1 saturated carbocycles. The number of thiophene rings is 1. The molecule has 0 amide bonds. The summed E-state index contributed by atoms with van der Waals surface area (Å²) in [6, 6.07) is 16.0. The van der Waals surface area contributed by atoms with E-state index in [9.17, 15) is 23.1 Å². The van der Waals surface area contributed by atoms with Gasteiger partial charge in [0.2, 0.25) is 10.0 Å². The molecule has 9 nitrogen and oxygen atoms in total. The van der Waals surface area contributed by atoms with Crippen molar-refractivity contribution < 1.29 is 32.6 Å². The summed E-state index contributed by atoms with van der Waals surface area (Å²) in [5.41, 5.74) is 1.84. The monoisotopic (exact) mass is 662 g/mol. The molecular weight excluding hydrogens is 632 g/mol. The molecule has 1 aliphatic heterocycles. The molecule has 2 aliphatic rings. The molecule has 0 bridgehead atoms. The quantitative estimate of drug-likeness (QED) is 0.266. The summed E-state index contributed by atoms with van der Waals surface area (Å²) in [5.74, 6) is -1.84. The van der Waals surface area contributed by atoms with E-state index in [0.29, 0.717) is 52.1 Å². The second-order valence-electron chi connectivity index (χ2n) is 10.2. The van der Waals surface area contributed by atoms with Crippen molar-refractivity contribution in [1.29, 1.82) is 0 Å². The van der Waals surface area contributed by atoms with E-state index in [0.717, 1.165) is 24.2 Å². The number of esters is 1. The first-order valence-corrected chi connectivity index (χ1v) is 16.6. The molecule has 41 heavy (non-hydrogen) atoms. The average molecular weight is 664 g/mol. The summed E-state index contributed by atoms with van der Waals surface area (Å²) in [6.45, 7) is 1.42. The van der Waals surface area contributed by atoms with Crippen molar-refractivity contribution in [2.45, 2.75) is 43.6 Å². The van der Waals surface area contributed by atoms with Crippen LogP contribution in [-0.2, 0) is 25.3 Å². The number of ether oxygens (including phenoxy) is 2. The minimum absolute atomic E-state index is 0.0314. The number of carboxylic acids is 1. The van der Waals surface area contributed by atoms with Crippen molar-refractivity contribution in [2.24, 2.45) is 5.92 Å². The van der Waals surface area contributed by atoms with E-state index in [1.54, 1.807) is 36.4 Å². The molecule has 218 valence electrons. The molecule has 2 heterocycles. The molecule has 1 saturated heterocycles. The molecule has 2 N–H and O–H groups in total. The van der Waals surface area contributed by atoms with Crippen LogP contribution in [0.15, 0.2) is 59.1 Å². The predicted molar refractivity (Wildman–Crippen MR) is 161 cm³/mol. The van der Waals surface area contributed by atoms with Crippen LogP contribution in [0.25, 0.3) is 10.4 Å². The minimum atomic E-state index is -3.76. The van der Waals surface area contributed by atoms with Crippen molar-refractivity contribution in [3.63, 3.8) is 0 Å². The van der Waals surface area contributed by atoms with Gasteiger partial charge in [-0.2, -0.15) is 0 Å². The number of piperidine rings is 1. The summed E-state index contributed by atoms with van der Waals surface area (Å²) in [6.07, 6.45) is 2.02. The van der Waals surface area contributed by atoms with Crippen LogP contribution in [0.1, 0.15) is 40.9 Å².